The minimum absolute atomic E-state index is 0.136. The first-order valence-electron chi connectivity index (χ1n) is 5.50. The average Bonchev–Trinajstić information content (AvgIpc) is 2.33. The lowest BCUT2D eigenvalue weighted by atomic mass is 10.0. The van der Waals surface area contributed by atoms with Gasteiger partial charge in [0.1, 0.15) is 5.82 Å². The molecule has 0 fully saturated rings. The summed E-state index contributed by atoms with van der Waals surface area (Å²) in [6.07, 6.45) is 0.419. The van der Waals surface area contributed by atoms with Crippen LogP contribution in [0.3, 0.4) is 0 Å². The van der Waals surface area contributed by atoms with Crippen molar-refractivity contribution in [2.45, 2.75) is 11.2 Å². The molecule has 19 heavy (non-hydrogen) atoms. The number of alkyl halides is 1. The maximum absolute atomic E-state index is 13.2. The normalized spacial score (nSPS) is 12.5. The van der Waals surface area contributed by atoms with Gasteiger partial charge in [0.15, 0.2) is 11.6 Å². The Kier molecular flexibility index (Phi) is 4.53. The van der Waals surface area contributed by atoms with Crippen molar-refractivity contribution < 1.29 is 13.2 Å². The SMILES string of the molecule is Fc1cccc(CC(Br)c2cc(F)c(F)cc2Cl)c1. The first kappa shape index (κ1) is 14.4. The largest absolute Gasteiger partial charge is 0.207 e. The van der Waals surface area contributed by atoms with Gasteiger partial charge in [0.25, 0.3) is 0 Å². The highest BCUT2D eigenvalue weighted by Crippen LogP contribution is 2.33. The third kappa shape index (κ3) is 3.51. The van der Waals surface area contributed by atoms with Crippen molar-refractivity contribution in [2.75, 3.05) is 0 Å². The Morgan fingerprint density at radius 3 is 2.42 bits per heavy atom. The predicted molar refractivity (Wildman–Crippen MR) is 73.1 cm³/mol. The van der Waals surface area contributed by atoms with E-state index in [9.17, 15) is 13.2 Å². The second-order valence-corrected chi connectivity index (χ2v) is 5.60. The Bertz CT molecular complexity index is 601. The fraction of sp³-hybridized carbons (Fsp3) is 0.143. The van der Waals surface area contributed by atoms with Crippen LogP contribution in [0, 0.1) is 17.5 Å². The lowest BCUT2D eigenvalue weighted by molar-refractivity contribution is 0.507. The summed E-state index contributed by atoms with van der Waals surface area (Å²) in [6.45, 7) is 0. The summed E-state index contributed by atoms with van der Waals surface area (Å²) in [4.78, 5) is -0.322. The molecule has 0 N–H and O–H groups in total. The van der Waals surface area contributed by atoms with E-state index in [1.165, 1.54) is 12.1 Å². The van der Waals surface area contributed by atoms with E-state index < -0.39 is 11.6 Å². The van der Waals surface area contributed by atoms with Crippen LogP contribution in [0.2, 0.25) is 5.02 Å². The Labute approximate surface area is 122 Å². The van der Waals surface area contributed by atoms with Gasteiger partial charge in [0, 0.05) is 9.85 Å². The second kappa shape index (κ2) is 5.97. The molecule has 0 aromatic heterocycles. The summed E-state index contributed by atoms with van der Waals surface area (Å²) in [5, 5.41) is 0.136. The van der Waals surface area contributed by atoms with E-state index in [4.69, 9.17) is 11.6 Å². The molecule has 0 saturated carbocycles. The van der Waals surface area contributed by atoms with E-state index >= 15 is 0 Å². The minimum atomic E-state index is -0.987. The lowest BCUT2D eigenvalue weighted by Gasteiger charge is -2.12. The number of hydrogen-bond acceptors (Lipinski definition) is 0. The quantitative estimate of drug-likeness (QED) is 0.511. The molecule has 0 bridgehead atoms. The fourth-order valence-corrected chi connectivity index (χ4v) is 2.93. The third-order valence-electron chi connectivity index (χ3n) is 2.68. The summed E-state index contributed by atoms with van der Waals surface area (Å²) in [5.74, 6) is -2.28. The molecular weight excluding hydrogens is 341 g/mol. The second-order valence-electron chi connectivity index (χ2n) is 4.09. The molecule has 0 spiro atoms. The molecule has 2 rings (SSSR count). The van der Waals surface area contributed by atoms with Crippen molar-refractivity contribution in [3.63, 3.8) is 0 Å². The highest BCUT2D eigenvalue weighted by Gasteiger charge is 2.16. The van der Waals surface area contributed by atoms with E-state index in [1.807, 2.05) is 0 Å². The van der Waals surface area contributed by atoms with E-state index in [0.717, 1.165) is 17.7 Å². The molecule has 0 aliphatic rings. The first-order valence-corrected chi connectivity index (χ1v) is 6.79. The molecule has 2 aromatic rings. The van der Waals surface area contributed by atoms with Crippen LogP contribution in [0.4, 0.5) is 13.2 Å². The first-order chi connectivity index (χ1) is 8.97. The average molecular weight is 350 g/mol. The number of halogens is 5. The van der Waals surface area contributed by atoms with E-state index in [0.29, 0.717) is 12.0 Å². The van der Waals surface area contributed by atoms with Gasteiger partial charge in [-0.15, -0.1) is 0 Å². The van der Waals surface area contributed by atoms with Crippen LogP contribution in [0.5, 0.6) is 0 Å². The Balaban J connectivity index is 2.25. The van der Waals surface area contributed by atoms with Gasteiger partial charge < -0.3 is 0 Å². The molecule has 0 aliphatic heterocycles. The van der Waals surface area contributed by atoms with Gasteiger partial charge in [0.05, 0.1) is 0 Å². The number of benzene rings is 2. The van der Waals surface area contributed by atoms with Gasteiger partial charge in [-0.3, -0.25) is 0 Å². The molecule has 0 aliphatic carbocycles. The Morgan fingerprint density at radius 1 is 1.05 bits per heavy atom. The minimum Gasteiger partial charge on any atom is -0.207 e. The topological polar surface area (TPSA) is 0 Å². The molecule has 0 amide bonds. The Hall–Kier alpha value is -1.00. The zero-order valence-electron chi connectivity index (χ0n) is 9.64. The highest BCUT2D eigenvalue weighted by molar-refractivity contribution is 9.09. The smallest absolute Gasteiger partial charge is 0.160 e. The molecule has 100 valence electrons. The van der Waals surface area contributed by atoms with Gasteiger partial charge in [-0.1, -0.05) is 39.7 Å². The summed E-state index contributed by atoms with van der Waals surface area (Å²) in [7, 11) is 0. The number of hydrogen-bond donors (Lipinski definition) is 0. The molecule has 2 aromatic carbocycles. The maximum atomic E-state index is 13.2. The molecule has 1 atom stereocenters. The molecular formula is C14H9BrClF3. The zero-order valence-corrected chi connectivity index (χ0v) is 12.0. The van der Waals surface area contributed by atoms with Crippen molar-refractivity contribution in [1.82, 2.24) is 0 Å². The van der Waals surface area contributed by atoms with Crippen molar-refractivity contribution >= 4 is 27.5 Å². The number of rotatable bonds is 3. The van der Waals surface area contributed by atoms with Gasteiger partial charge in [-0.25, -0.2) is 13.2 Å². The van der Waals surface area contributed by atoms with Crippen molar-refractivity contribution in [1.29, 1.82) is 0 Å². The predicted octanol–water partition coefficient (Wildman–Crippen LogP) is 5.44. The van der Waals surface area contributed by atoms with E-state index in [2.05, 4.69) is 15.9 Å². The summed E-state index contributed by atoms with van der Waals surface area (Å²) < 4.78 is 39.3. The van der Waals surface area contributed by atoms with Gasteiger partial charge in [-0.05, 0) is 41.8 Å². The fourth-order valence-electron chi connectivity index (χ4n) is 1.76. The van der Waals surface area contributed by atoms with Gasteiger partial charge in [0.2, 0.25) is 0 Å². The highest BCUT2D eigenvalue weighted by atomic mass is 79.9. The molecule has 1 unspecified atom stereocenters. The van der Waals surface area contributed by atoms with Crippen LogP contribution >= 0.6 is 27.5 Å². The molecule has 0 heterocycles. The maximum Gasteiger partial charge on any atom is 0.160 e. The summed E-state index contributed by atoms with van der Waals surface area (Å²) in [6, 6.07) is 8.07. The Morgan fingerprint density at radius 2 is 1.74 bits per heavy atom. The van der Waals surface area contributed by atoms with Gasteiger partial charge in [-0.2, -0.15) is 0 Å². The van der Waals surface area contributed by atoms with Crippen LogP contribution in [-0.2, 0) is 6.42 Å². The molecule has 0 radical (unpaired) electrons. The zero-order chi connectivity index (χ0) is 14.0. The standard InChI is InChI=1S/C14H9BrClF3/c15-11(5-8-2-1-3-9(17)4-8)10-6-13(18)14(19)7-12(10)16/h1-4,6-7,11H,5H2. The summed E-state index contributed by atoms with van der Waals surface area (Å²) in [5.41, 5.74) is 1.17. The summed E-state index contributed by atoms with van der Waals surface area (Å²) >= 11 is 9.24. The van der Waals surface area contributed by atoms with Crippen LogP contribution in [0.15, 0.2) is 36.4 Å². The van der Waals surface area contributed by atoms with Crippen molar-refractivity contribution in [2.24, 2.45) is 0 Å². The molecule has 0 nitrogen and oxygen atoms in total. The third-order valence-corrected chi connectivity index (χ3v) is 3.83. The lowest BCUT2D eigenvalue weighted by Crippen LogP contribution is -1.99. The van der Waals surface area contributed by atoms with Gasteiger partial charge >= 0.3 is 0 Å². The molecule has 0 saturated heterocycles. The van der Waals surface area contributed by atoms with Crippen LogP contribution in [0.1, 0.15) is 16.0 Å². The van der Waals surface area contributed by atoms with Crippen LogP contribution in [0.25, 0.3) is 0 Å². The van der Waals surface area contributed by atoms with E-state index in [1.54, 1.807) is 12.1 Å². The monoisotopic (exact) mass is 348 g/mol. The molecule has 5 heteroatoms. The van der Waals surface area contributed by atoms with Crippen LogP contribution in [-0.4, -0.2) is 0 Å². The van der Waals surface area contributed by atoms with Crippen LogP contribution < -0.4 is 0 Å². The van der Waals surface area contributed by atoms with Crippen molar-refractivity contribution in [3.8, 4) is 0 Å². The van der Waals surface area contributed by atoms with Crippen molar-refractivity contribution in [3.05, 3.63) is 70.0 Å². The van der Waals surface area contributed by atoms with E-state index in [-0.39, 0.29) is 15.7 Å².